The standard InChI is InChI=1S/C50H36N2/c1-33-30-39(23-25-41(33)47-16-8-10-28-51-47)49-43-14-6-7-15-44(43)50(40-24-26-42(34(2)31-40)48-17-9-11-29-52-48)46-32-38(22-27-45(46)49)37-20-18-36(19-21-37)35-12-4-3-5-13-35/h3-32H,1-2H3. The Morgan fingerprint density at radius 2 is 0.731 bits per heavy atom. The summed E-state index contributed by atoms with van der Waals surface area (Å²) in [6.45, 7) is 4.38. The second kappa shape index (κ2) is 13.2. The van der Waals surface area contributed by atoms with Gasteiger partial charge in [0.25, 0.3) is 0 Å². The smallest absolute Gasteiger partial charge is 0.0704 e. The fraction of sp³-hybridized carbons (Fsp3) is 0.0400. The van der Waals surface area contributed by atoms with Gasteiger partial charge in [0.2, 0.25) is 0 Å². The highest BCUT2D eigenvalue weighted by Gasteiger charge is 2.19. The molecule has 52 heavy (non-hydrogen) atoms. The van der Waals surface area contributed by atoms with Gasteiger partial charge in [-0.1, -0.05) is 140 Å². The molecule has 0 unspecified atom stereocenters. The van der Waals surface area contributed by atoms with Gasteiger partial charge in [-0.3, -0.25) is 9.97 Å². The van der Waals surface area contributed by atoms with Crippen LogP contribution in [0.4, 0.5) is 0 Å². The lowest BCUT2D eigenvalue weighted by molar-refractivity contribution is 1.31. The summed E-state index contributed by atoms with van der Waals surface area (Å²) >= 11 is 0. The summed E-state index contributed by atoms with van der Waals surface area (Å²) in [7, 11) is 0. The molecule has 0 radical (unpaired) electrons. The first-order valence-corrected chi connectivity index (χ1v) is 17.8. The fourth-order valence-corrected chi connectivity index (χ4v) is 7.72. The van der Waals surface area contributed by atoms with Crippen molar-refractivity contribution in [3.63, 3.8) is 0 Å². The Balaban J connectivity index is 1.28. The molecule has 0 N–H and O–H groups in total. The predicted molar refractivity (Wildman–Crippen MR) is 219 cm³/mol. The van der Waals surface area contributed by atoms with E-state index >= 15 is 0 Å². The van der Waals surface area contributed by atoms with Gasteiger partial charge >= 0.3 is 0 Å². The van der Waals surface area contributed by atoms with Crippen LogP contribution in [0.25, 0.3) is 88.6 Å². The first-order chi connectivity index (χ1) is 25.6. The van der Waals surface area contributed by atoms with Crippen molar-refractivity contribution >= 4 is 21.5 Å². The maximum atomic E-state index is 4.66. The molecule has 0 fully saturated rings. The largest absolute Gasteiger partial charge is 0.256 e. The predicted octanol–water partition coefficient (Wildman–Crippen LogP) is 13.4. The van der Waals surface area contributed by atoms with Crippen LogP contribution in [0.5, 0.6) is 0 Å². The normalized spacial score (nSPS) is 11.3. The fourth-order valence-electron chi connectivity index (χ4n) is 7.72. The molecule has 0 spiro atoms. The van der Waals surface area contributed by atoms with Gasteiger partial charge in [0, 0.05) is 23.5 Å². The maximum absolute atomic E-state index is 4.66. The molecule has 2 nitrogen and oxygen atoms in total. The summed E-state index contributed by atoms with van der Waals surface area (Å²) in [4.78, 5) is 9.30. The summed E-state index contributed by atoms with van der Waals surface area (Å²) in [5, 5.41) is 4.93. The van der Waals surface area contributed by atoms with Gasteiger partial charge < -0.3 is 0 Å². The SMILES string of the molecule is Cc1cc(-c2c3ccccc3c(-c3ccc(-c4ccccn4)c(C)c3)c3cc(-c4ccc(-c5ccccc5)cc4)ccc23)ccc1-c1ccccn1. The Morgan fingerprint density at radius 1 is 0.308 bits per heavy atom. The van der Waals surface area contributed by atoms with E-state index in [9.17, 15) is 0 Å². The number of aromatic nitrogens is 2. The molecule has 2 heterocycles. The van der Waals surface area contributed by atoms with Gasteiger partial charge in [0.05, 0.1) is 11.4 Å². The van der Waals surface area contributed by atoms with Gasteiger partial charge in [-0.25, -0.2) is 0 Å². The molecule has 0 aliphatic heterocycles. The van der Waals surface area contributed by atoms with Crippen LogP contribution in [0.15, 0.2) is 182 Å². The Hall–Kier alpha value is -6.64. The van der Waals surface area contributed by atoms with Crippen molar-refractivity contribution in [1.82, 2.24) is 9.97 Å². The van der Waals surface area contributed by atoms with Gasteiger partial charge in [-0.2, -0.15) is 0 Å². The van der Waals surface area contributed by atoms with Crippen molar-refractivity contribution in [1.29, 1.82) is 0 Å². The Kier molecular flexibility index (Phi) is 7.98. The summed E-state index contributed by atoms with van der Waals surface area (Å²) in [6, 6.07) is 61.3. The van der Waals surface area contributed by atoms with E-state index in [0.29, 0.717) is 0 Å². The maximum Gasteiger partial charge on any atom is 0.0704 e. The molecular weight excluding hydrogens is 629 g/mol. The van der Waals surface area contributed by atoms with E-state index in [-0.39, 0.29) is 0 Å². The second-order valence-corrected chi connectivity index (χ2v) is 13.5. The molecule has 9 rings (SSSR count). The first-order valence-electron chi connectivity index (χ1n) is 17.8. The zero-order valence-corrected chi connectivity index (χ0v) is 29.2. The third-order valence-electron chi connectivity index (χ3n) is 10.3. The molecule has 2 heteroatoms. The van der Waals surface area contributed by atoms with Crippen molar-refractivity contribution in [3.8, 4) is 67.0 Å². The molecule has 0 saturated heterocycles. The van der Waals surface area contributed by atoms with E-state index in [4.69, 9.17) is 0 Å². The van der Waals surface area contributed by atoms with E-state index in [2.05, 4.69) is 169 Å². The number of benzene rings is 7. The van der Waals surface area contributed by atoms with Crippen LogP contribution in [0.1, 0.15) is 11.1 Å². The number of nitrogens with zero attached hydrogens (tertiary/aromatic N) is 2. The molecule has 246 valence electrons. The van der Waals surface area contributed by atoms with Crippen LogP contribution < -0.4 is 0 Å². The number of hydrogen-bond acceptors (Lipinski definition) is 2. The van der Waals surface area contributed by atoms with E-state index in [1.165, 1.54) is 77.2 Å². The molecule has 0 aliphatic rings. The van der Waals surface area contributed by atoms with Gasteiger partial charge in [-0.05, 0) is 121 Å². The van der Waals surface area contributed by atoms with Crippen LogP contribution >= 0.6 is 0 Å². The average molecular weight is 665 g/mol. The van der Waals surface area contributed by atoms with E-state index < -0.39 is 0 Å². The van der Waals surface area contributed by atoms with Gasteiger partial charge in [0.15, 0.2) is 0 Å². The topological polar surface area (TPSA) is 25.8 Å². The summed E-state index contributed by atoms with van der Waals surface area (Å²) < 4.78 is 0. The Labute approximate surface area is 304 Å². The molecule has 2 aromatic heterocycles. The van der Waals surface area contributed by atoms with Crippen LogP contribution in [-0.4, -0.2) is 9.97 Å². The molecular formula is C50H36N2. The van der Waals surface area contributed by atoms with Crippen LogP contribution in [0, 0.1) is 13.8 Å². The van der Waals surface area contributed by atoms with Crippen molar-refractivity contribution in [3.05, 3.63) is 193 Å². The molecule has 0 amide bonds. The van der Waals surface area contributed by atoms with Crippen molar-refractivity contribution in [2.24, 2.45) is 0 Å². The first kappa shape index (κ1) is 31.3. The monoisotopic (exact) mass is 664 g/mol. The van der Waals surface area contributed by atoms with Gasteiger partial charge in [0.1, 0.15) is 0 Å². The minimum Gasteiger partial charge on any atom is -0.256 e. The zero-order chi connectivity index (χ0) is 35.0. The molecule has 0 bridgehead atoms. The van der Waals surface area contributed by atoms with Crippen LogP contribution in [0.3, 0.4) is 0 Å². The molecule has 9 aromatic rings. The number of rotatable bonds is 6. The zero-order valence-electron chi connectivity index (χ0n) is 29.2. The minimum absolute atomic E-state index is 0.988. The molecule has 0 saturated carbocycles. The van der Waals surface area contributed by atoms with Crippen molar-refractivity contribution in [2.45, 2.75) is 13.8 Å². The van der Waals surface area contributed by atoms with Crippen LogP contribution in [-0.2, 0) is 0 Å². The lowest BCUT2D eigenvalue weighted by atomic mass is 9.83. The van der Waals surface area contributed by atoms with E-state index in [1.54, 1.807) is 0 Å². The second-order valence-electron chi connectivity index (χ2n) is 13.5. The third-order valence-corrected chi connectivity index (χ3v) is 10.3. The lowest BCUT2D eigenvalue weighted by Crippen LogP contribution is -1.94. The summed E-state index contributed by atoms with van der Waals surface area (Å²) in [5.74, 6) is 0. The van der Waals surface area contributed by atoms with E-state index in [0.717, 1.165) is 22.5 Å². The highest BCUT2D eigenvalue weighted by molar-refractivity contribution is 6.22. The number of fused-ring (bicyclic) bond motifs is 2. The van der Waals surface area contributed by atoms with Crippen molar-refractivity contribution in [2.75, 3.05) is 0 Å². The summed E-state index contributed by atoms with van der Waals surface area (Å²) in [6.07, 6.45) is 3.72. The lowest BCUT2D eigenvalue weighted by Gasteiger charge is -2.20. The van der Waals surface area contributed by atoms with Gasteiger partial charge in [-0.15, -0.1) is 0 Å². The summed E-state index contributed by atoms with van der Waals surface area (Å²) in [5.41, 5.74) is 16.4. The van der Waals surface area contributed by atoms with Crippen LogP contribution in [0.2, 0.25) is 0 Å². The molecule has 0 atom stereocenters. The third kappa shape index (κ3) is 5.65. The average Bonchev–Trinajstić information content (AvgIpc) is 3.20. The molecule has 7 aromatic carbocycles. The quantitative estimate of drug-likeness (QED) is 0.165. The Morgan fingerprint density at radius 3 is 1.25 bits per heavy atom. The van der Waals surface area contributed by atoms with E-state index in [1.807, 2.05) is 36.7 Å². The van der Waals surface area contributed by atoms with Crippen molar-refractivity contribution < 1.29 is 0 Å². The minimum atomic E-state index is 0.988. The molecule has 0 aliphatic carbocycles. The Bertz CT molecular complexity index is 2720. The number of hydrogen-bond donors (Lipinski definition) is 0. The highest BCUT2D eigenvalue weighted by Crippen LogP contribution is 2.46. The highest BCUT2D eigenvalue weighted by atomic mass is 14.7. The number of pyridine rings is 2. The number of aryl methyl sites for hydroxylation is 2.